The topological polar surface area (TPSA) is 44.5 Å². The van der Waals surface area contributed by atoms with Crippen LogP contribution < -0.4 is 10.5 Å². The molecule has 1 rings (SSSR count). The molecule has 0 bridgehead atoms. The van der Waals surface area contributed by atoms with Crippen LogP contribution in [-0.2, 0) is 11.2 Å². The number of halogens is 1. The summed E-state index contributed by atoms with van der Waals surface area (Å²) in [7, 11) is 0. The maximum Gasteiger partial charge on any atom is 0.141 e. The van der Waals surface area contributed by atoms with Crippen LogP contribution in [0.1, 0.15) is 12.5 Å². The van der Waals surface area contributed by atoms with E-state index in [1.807, 2.05) is 25.1 Å². The smallest absolute Gasteiger partial charge is 0.141 e. The fourth-order valence-electron chi connectivity index (χ4n) is 1.41. The van der Waals surface area contributed by atoms with E-state index in [0.29, 0.717) is 31.4 Å². The van der Waals surface area contributed by atoms with Crippen molar-refractivity contribution in [3.8, 4) is 5.75 Å². The summed E-state index contributed by atoms with van der Waals surface area (Å²) in [5.41, 5.74) is 6.58. The lowest BCUT2D eigenvalue weighted by atomic mass is 10.1. The predicted octanol–water partition coefficient (Wildman–Crippen LogP) is 2.26. The first kappa shape index (κ1) is 13.3. The van der Waals surface area contributed by atoms with Crippen LogP contribution in [0.15, 0.2) is 18.2 Å². The van der Waals surface area contributed by atoms with Gasteiger partial charge in [-0.25, -0.2) is 0 Å². The van der Waals surface area contributed by atoms with E-state index in [9.17, 15) is 0 Å². The van der Waals surface area contributed by atoms with Crippen LogP contribution in [0.3, 0.4) is 0 Å². The van der Waals surface area contributed by atoms with Crippen LogP contribution in [0, 0.1) is 0 Å². The second-order valence-corrected chi connectivity index (χ2v) is 3.72. The Balaban J connectivity index is 2.61. The Hall–Kier alpha value is -0.770. The van der Waals surface area contributed by atoms with Crippen molar-refractivity contribution in [3.63, 3.8) is 0 Å². The monoisotopic (exact) mass is 243 g/mol. The van der Waals surface area contributed by atoms with Crippen molar-refractivity contribution in [1.82, 2.24) is 0 Å². The minimum Gasteiger partial charge on any atom is -0.489 e. The molecular formula is C12H18ClNO2. The fourth-order valence-corrected chi connectivity index (χ4v) is 1.66. The lowest BCUT2D eigenvalue weighted by molar-refractivity contribution is 0.110. The highest BCUT2D eigenvalue weighted by atomic mass is 35.5. The van der Waals surface area contributed by atoms with Gasteiger partial charge in [0.2, 0.25) is 0 Å². The molecule has 0 spiro atoms. The Morgan fingerprint density at radius 3 is 2.81 bits per heavy atom. The summed E-state index contributed by atoms with van der Waals surface area (Å²) in [4.78, 5) is 0. The van der Waals surface area contributed by atoms with Gasteiger partial charge in [0, 0.05) is 6.61 Å². The van der Waals surface area contributed by atoms with Crippen molar-refractivity contribution >= 4 is 11.6 Å². The third-order valence-corrected chi connectivity index (χ3v) is 2.44. The summed E-state index contributed by atoms with van der Waals surface area (Å²) in [6.45, 7) is 4.32. The Morgan fingerprint density at radius 1 is 1.31 bits per heavy atom. The van der Waals surface area contributed by atoms with Crippen LogP contribution in [0.5, 0.6) is 5.75 Å². The van der Waals surface area contributed by atoms with E-state index in [1.165, 1.54) is 0 Å². The van der Waals surface area contributed by atoms with Crippen molar-refractivity contribution in [2.45, 2.75) is 13.3 Å². The number of nitrogens with two attached hydrogens (primary N) is 1. The molecular weight excluding hydrogens is 226 g/mol. The SMILES string of the molecule is CCOCCOc1c(Cl)cccc1CCN. The summed E-state index contributed by atoms with van der Waals surface area (Å²) < 4.78 is 10.8. The molecule has 1 aromatic rings. The number of rotatable bonds is 7. The van der Waals surface area contributed by atoms with Crippen molar-refractivity contribution in [1.29, 1.82) is 0 Å². The molecule has 0 aliphatic carbocycles. The first-order chi connectivity index (χ1) is 7.79. The molecule has 0 saturated heterocycles. The van der Waals surface area contributed by atoms with Crippen LogP contribution in [0.4, 0.5) is 0 Å². The van der Waals surface area contributed by atoms with Crippen molar-refractivity contribution in [3.05, 3.63) is 28.8 Å². The lowest BCUT2D eigenvalue weighted by Gasteiger charge is -2.12. The number of benzene rings is 1. The zero-order valence-electron chi connectivity index (χ0n) is 9.54. The molecule has 2 N–H and O–H groups in total. The van der Waals surface area contributed by atoms with E-state index in [-0.39, 0.29) is 0 Å². The summed E-state index contributed by atoms with van der Waals surface area (Å²) in [6.07, 6.45) is 0.768. The highest BCUT2D eigenvalue weighted by molar-refractivity contribution is 6.32. The third-order valence-electron chi connectivity index (χ3n) is 2.14. The van der Waals surface area contributed by atoms with Crippen LogP contribution in [-0.4, -0.2) is 26.4 Å². The number of hydrogen-bond donors (Lipinski definition) is 1. The van der Waals surface area contributed by atoms with E-state index >= 15 is 0 Å². The molecule has 0 heterocycles. The van der Waals surface area contributed by atoms with Gasteiger partial charge in [0.05, 0.1) is 11.6 Å². The number of para-hydroxylation sites is 1. The lowest BCUT2D eigenvalue weighted by Crippen LogP contribution is -2.10. The van der Waals surface area contributed by atoms with E-state index in [4.69, 9.17) is 26.8 Å². The van der Waals surface area contributed by atoms with Crippen molar-refractivity contribution in [2.75, 3.05) is 26.4 Å². The van der Waals surface area contributed by atoms with Crippen molar-refractivity contribution < 1.29 is 9.47 Å². The molecule has 0 aliphatic heterocycles. The molecule has 4 heteroatoms. The second kappa shape index (κ2) is 7.49. The number of ether oxygens (including phenoxy) is 2. The van der Waals surface area contributed by atoms with Gasteiger partial charge in [0.15, 0.2) is 0 Å². The molecule has 0 radical (unpaired) electrons. The first-order valence-electron chi connectivity index (χ1n) is 5.47. The highest BCUT2D eigenvalue weighted by Gasteiger charge is 2.07. The zero-order valence-corrected chi connectivity index (χ0v) is 10.3. The summed E-state index contributed by atoms with van der Waals surface area (Å²) in [5, 5.41) is 0.627. The summed E-state index contributed by atoms with van der Waals surface area (Å²) >= 11 is 6.07. The van der Waals surface area contributed by atoms with Gasteiger partial charge in [-0.2, -0.15) is 0 Å². The second-order valence-electron chi connectivity index (χ2n) is 3.31. The molecule has 0 saturated carbocycles. The molecule has 16 heavy (non-hydrogen) atoms. The first-order valence-corrected chi connectivity index (χ1v) is 5.85. The van der Waals surface area contributed by atoms with Gasteiger partial charge < -0.3 is 15.2 Å². The molecule has 0 amide bonds. The van der Waals surface area contributed by atoms with Crippen LogP contribution >= 0.6 is 11.6 Å². The molecule has 0 aliphatic rings. The highest BCUT2D eigenvalue weighted by Crippen LogP contribution is 2.28. The molecule has 0 atom stereocenters. The van der Waals surface area contributed by atoms with Gasteiger partial charge in [0.25, 0.3) is 0 Å². The van der Waals surface area contributed by atoms with Gasteiger partial charge in [-0.3, -0.25) is 0 Å². The maximum absolute atomic E-state index is 6.07. The largest absolute Gasteiger partial charge is 0.489 e. The quantitative estimate of drug-likeness (QED) is 0.748. The molecule has 0 unspecified atom stereocenters. The summed E-state index contributed by atoms with van der Waals surface area (Å²) in [6, 6.07) is 5.70. The molecule has 3 nitrogen and oxygen atoms in total. The van der Waals surface area contributed by atoms with Gasteiger partial charge in [-0.15, -0.1) is 0 Å². The Labute approximate surface area is 101 Å². The predicted molar refractivity (Wildman–Crippen MR) is 66.2 cm³/mol. The minimum absolute atomic E-state index is 0.509. The Bertz CT molecular complexity index is 318. The molecule has 1 aromatic carbocycles. The molecule has 90 valence electrons. The molecule has 0 fully saturated rings. The zero-order chi connectivity index (χ0) is 11.8. The van der Waals surface area contributed by atoms with Crippen molar-refractivity contribution in [2.24, 2.45) is 5.73 Å². The summed E-state index contributed by atoms with van der Waals surface area (Å²) in [5.74, 6) is 0.731. The van der Waals surface area contributed by atoms with E-state index < -0.39 is 0 Å². The minimum atomic E-state index is 0.509. The average molecular weight is 244 g/mol. The van der Waals surface area contributed by atoms with E-state index in [2.05, 4.69) is 0 Å². The average Bonchev–Trinajstić information content (AvgIpc) is 2.28. The third kappa shape index (κ3) is 4.00. The van der Waals surface area contributed by atoms with Gasteiger partial charge >= 0.3 is 0 Å². The van der Waals surface area contributed by atoms with E-state index in [1.54, 1.807) is 0 Å². The fraction of sp³-hybridized carbons (Fsp3) is 0.500. The maximum atomic E-state index is 6.07. The Kier molecular flexibility index (Phi) is 6.23. The van der Waals surface area contributed by atoms with Crippen LogP contribution in [0.25, 0.3) is 0 Å². The Morgan fingerprint density at radius 2 is 2.12 bits per heavy atom. The van der Waals surface area contributed by atoms with Crippen LogP contribution in [0.2, 0.25) is 5.02 Å². The number of hydrogen-bond acceptors (Lipinski definition) is 3. The standard InChI is InChI=1S/C12H18ClNO2/c1-2-15-8-9-16-12-10(6-7-14)4-3-5-11(12)13/h3-5H,2,6-9,14H2,1H3. The van der Waals surface area contributed by atoms with Gasteiger partial charge in [0.1, 0.15) is 12.4 Å². The van der Waals surface area contributed by atoms with Gasteiger partial charge in [-0.05, 0) is 31.5 Å². The normalized spacial score (nSPS) is 10.4. The van der Waals surface area contributed by atoms with Gasteiger partial charge in [-0.1, -0.05) is 23.7 Å². The molecule has 0 aromatic heterocycles. The van der Waals surface area contributed by atoms with E-state index in [0.717, 1.165) is 17.7 Å².